The van der Waals surface area contributed by atoms with Crippen LogP contribution in [-0.4, -0.2) is 140 Å². The van der Waals surface area contributed by atoms with E-state index < -0.39 is 86.8 Å². The van der Waals surface area contributed by atoms with E-state index in [0.717, 1.165) is 57.8 Å². The number of rotatable bonds is 25. The highest BCUT2D eigenvalue weighted by Gasteiger charge is 2.50. The van der Waals surface area contributed by atoms with Crippen molar-refractivity contribution in [1.29, 1.82) is 0 Å². The van der Waals surface area contributed by atoms with Crippen molar-refractivity contribution < 1.29 is 64.6 Å². The molecule has 52 heavy (non-hydrogen) atoms. The van der Waals surface area contributed by atoms with Crippen molar-refractivity contribution in [3.8, 4) is 0 Å². The molecular formula is C38H65NO13. The van der Waals surface area contributed by atoms with Gasteiger partial charge in [0, 0.05) is 6.42 Å². The maximum Gasteiger partial charge on any atom is 0.220 e. The molecule has 0 spiro atoms. The van der Waals surface area contributed by atoms with Crippen molar-refractivity contribution in [1.82, 2.24) is 5.32 Å². The Hall–Kier alpha value is -2.05. The van der Waals surface area contributed by atoms with Gasteiger partial charge >= 0.3 is 0 Å². The van der Waals surface area contributed by atoms with E-state index >= 15 is 0 Å². The number of aliphatic hydroxyl groups excluding tert-OH is 8. The third-order valence-electron chi connectivity index (χ3n) is 9.06. The molecule has 0 aromatic rings. The Morgan fingerprint density at radius 1 is 0.712 bits per heavy atom. The minimum absolute atomic E-state index is 0.247. The van der Waals surface area contributed by atoms with Crippen LogP contribution in [-0.2, 0) is 23.7 Å². The second-order valence-corrected chi connectivity index (χ2v) is 13.3. The second-order valence-electron chi connectivity index (χ2n) is 13.3. The van der Waals surface area contributed by atoms with Gasteiger partial charge in [0.1, 0.15) is 48.8 Å². The Labute approximate surface area is 308 Å². The van der Waals surface area contributed by atoms with E-state index in [9.17, 15) is 45.6 Å². The van der Waals surface area contributed by atoms with E-state index in [4.69, 9.17) is 18.9 Å². The number of ether oxygens (including phenoxy) is 4. The van der Waals surface area contributed by atoms with Crippen LogP contribution in [0.25, 0.3) is 0 Å². The zero-order valence-corrected chi connectivity index (χ0v) is 30.8. The van der Waals surface area contributed by atoms with E-state index in [1.165, 1.54) is 0 Å². The van der Waals surface area contributed by atoms with Crippen LogP contribution in [0.4, 0.5) is 0 Å². The average molecular weight is 744 g/mol. The zero-order valence-electron chi connectivity index (χ0n) is 30.8. The molecule has 14 nitrogen and oxygen atoms in total. The van der Waals surface area contributed by atoms with E-state index in [-0.39, 0.29) is 18.9 Å². The molecule has 14 heteroatoms. The minimum atomic E-state index is -1.78. The maximum absolute atomic E-state index is 12.9. The lowest BCUT2D eigenvalue weighted by Gasteiger charge is -2.46. The largest absolute Gasteiger partial charge is 0.394 e. The summed E-state index contributed by atoms with van der Waals surface area (Å²) in [6.07, 6.45) is 9.59. The quantitative estimate of drug-likeness (QED) is 0.0477. The molecule has 0 aromatic heterocycles. The molecule has 2 saturated heterocycles. The Balaban J connectivity index is 1.86. The van der Waals surface area contributed by atoms with Crippen LogP contribution in [0.15, 0.2) is 48.6 Å². The molecule has 300 valence electrons. The molecule has 0 aliphatic carbocycles. The standard InChI is InChI=1S/C38H65NO13/c1-3-5-7-8-9-10-11-12-13-14-15-16-17-18-20-22-30(43)39-26(27(42)21-19-6-4-2)25-49-37-35(48)33(46)36(29(24-41)51-37)52-38-34(47)32(45)31(44)28(23-40)50-38/h5,7,9-10,12-13,15-16,26-29,31-38,40-42,44-48H,3-4,6,8,11,14,17-25H2,1-2H3,(H,39,43)/b7-5-,10-9-,13-12-,16-15-. The normalized spacial score (nSPS) is 31.3. The second kappa shape index (κ2) is 26.7. The van der Waals surface area contributed by atoms with E-state index in [2.05, 4.69) is 60.8 Å². The first kappa shape index (κ1) is 46.1. The molecule has 12 unspecified atom stereocenters. The number of unbranched alkanes of at least 4 members (excludes halogenated alkanes) is 4. The molecule has 2 rings (SSSR count). The van der Waals surface area contributed by atoms with Crippen molar-refractivity contribution in [3.63, 3.8) is 0 Å². The fraction of sp³-hybridized carbons (Fsp3) is 0.763. The van der Waals surface area contributed by atoms with Crippen molar-refractivity contribution in [2.45, 2.75) is 164 Å². The number of nitrogens with one attached hydrogen (secondary N) is 1. The number of amides is 1. The van der Waals surface area contributed by atoms with Gasteiger partial charge in [0.15, 0.2) is 12.6 Å². The summed E-state index contributed by atoms with van der Waals surface area (Å²) in [5.41, 5.74) is 0. The van der Waals surface area contributed by atoms with Crippen LogP contribution in [0, 0.1) is 0 Å². The van der Waals surface area contributed by atoms with Crippen LogP contribution in [0.2, 0.25) is 0 Å². The molecular weight excluding hydrogens is 678 g/mol. The van der Waals surface area contributed by atoms with Gasteiger partial charge in [-0.1, -0.05) is 81.7 Å². The number of allylic oxidation sites excluding steroid dienone is 8. The van der Waals surface area contributed by atoms with Gasteiger partial charge in [-0.25, -0.2) is 0 Å². The maximum atomic E-state index is 12.9. The van der Waals surface area contributed by atoms with Gasteiger partial charge in [0.2, 0.25) is 5.91 Å². The smallest absolute Gasteiger partial charge is 0.220 e. The van der Waals surface area contributed by atoms with Gasteiger partial charge in [-0.15, -0.1) is 0 Å². The van der Waals surface area contributed by atoms with Crippen LogP contribution in [0.1, 0.15) is 90.9 Å². The summed E-state index contributed by atoms with van der Waals surface area (Å²) in [6.45, 7) is 2.46. The molecule has 2 fully saturated rings. The number of carbonyl (C=O) groups is 1. The summed E-state index contributed by atoms with van der Waals surface area (Å²) in [5, 5.41) is 85.5. The number of hydrogen-bond donors (Lipinski definition) is 9. The highest BCUT2D eigenvalue weighted by molar-refractivity contribution is 5.76. The van der Waals surface area contributed by atoms with Crippen LogP contribution < -0.4 is 5.32 Å². The first-order chi connectivity index (χ1) is 25.1. The third-order valence-corrected chi connectivity index (χ3v) is 9.06. The SMILES string of the molecule is CC/C=C\C/C=C\C/C=C\C/C=C\CCCCC(=O)NC(COC1OC(CO)C(OC2OC(CO)C(O)C(O)C2O)C(O)C1O)C(O)CCCCC. The fourth-order valence-electron chi connectivity index (χ4n) is 5.87. The topological polar surface area (TPSA) is 228 Å². The summed E-state index contributed by atoms with van der Waals surface area (Å²) >= 11 is 0. The molecule has 0 radical (unpaired) electrons. The van der Waals surface area contributed by atoms with E-state index in [1.807, 2.05) is 6.92 Å². The van der Waals surface area contributed by atoms with Crippen LogP contribution in [0.3, 0.4) is 0 Å². The predicted molar refractivity (Wildman–Crippen MR) is 194 cm³/mol. The number of hydrogen-bond acceptors (Lipinski definition) is 13. The Morgan fingerprint density at radius 3 is 1.92 bits per heavy atom. The zero-order chi connectivity index (χ0) is 38.3. The molecule has 2 aliphatic heterocycles. The predicted octanol–water partition coefficient (Wildman–Crippen LogP) is 1.42. The number of aliphatic hydroxyl groups is 8. The first-order valence-electron chi connectivity index (χ1n) is 18.9. The monoisotopic (exact) mass is 743 g/mol. The molecule has 2 aliphatic rings. The molecule has 2 heterocycles. The average Bonchev–Trinajstić information content (AvgIpc) is 3.14. The van der Waals surface area contributed by atoms with Gasteiger partial charge in [0.25, 0.3) is 0 Å². The van der Waals surface area contributed by atoms with Gasteiger partial charge in [-0.2, -0.15) is 0 Å². The van der Waals surface area contributed by atoms with Crippen molar-refractivity contribution >= 4 is 5.91 Å². The lowest BCUT2D eigenvalue weighted by molar-refractivity contribution is -0.359. The summed E-state index contributed by atoms with van der Waals surface area (Å²) in [4.78, 5) is 12.9. The van der Waals surface area contributed by atoms with Gasteiger partial charge in [0.05, 0.1) is 32.0 Å². The van der Waals surface area contributed by atoms with Gasteiger partial charge < -0.3 is 65.1 Å². The fourth-order valence-corrected chi connectivity index (χ4v) is 5.87. The molecule has 0 aromatic carbocycles. The van der Waals surface area contributed by atoms with E-state index in [0.29, 0.717) is 12.8 Å². The summed E-state index contributed by atoms with van der Waals surface area (Å²) in [5.74, 6) is -0.264. The summed E-state index contributed by atoms with van der Waals surface area (Å²) in [6, 6.07) is -0.845. The van der Waals surface area contributed by atoms with Gasteiger partial charge in [-0.3, -0.25) is 4.79 Å². The first-order valence-corrected chi connectivity index (χ1v) is 18.9. The summed E-state index contributed by atoms with van der Waals surface area (Å²) < 4.78 is 22.4. The van der Waals surface area contributed by atoms with Crippen molar-refractivity contribution in [2.75, 3.05) is 19.8 Å². The lowest BCUT2D eigenvalue weighted by atomic mass is 9.97. The summed E-state index contributed by atoms with van der Waals surface area (Å²) in [7, 11) is 0. The Morgan fingerprint density at radius 2 is 1.31 bits per heavy atom. The molecule has 0 saturated carbocycles. The highest BCUT2D eigenvalue weighted by Crippen LogP contribution is 2.29. The van der Waals surface area contributed by atoms with Crippen molar-refractivity contribution in [3.05, 3.63) is 48.6 Å². The number of carbonyl (C=O) groups excluding carboxylic acids is 1. The molecule has 12 atom stereocenters. The van der Waals surface area contributed by atoms with Crippen LogP contribution >= 0.6 is 0 Å². The molecule has 1 amide bonds. The van der Waals surface area contributed by atoms with Crippen LogP contribution in [0.5, 0.6) is 0 Å². The Bertz CT molecular complexity index is 1070. The lowest BCUT2D eigenvalue weighted by Crippen LogP contribution is -2.65. The highest BCUT2D eigenvalue weighted by atomic mass is 16.7. The van der Waals surface area contributed by atoms with Crippen molar-refractivity contribution in [2.24, 2.45) is 0 Å². The minimum Gasteiger partial charge on any atom is -0.394 e. The third kappa shape index (κ3) is 16.1. The Kier molecular flexibility index (Phi) is 23.7. The van der Waals surface area contributed by atoms with E-state index in [1.54, 1.807) is 0 Å². The molecule has 9 N–H and O–H groups in total. The van der Waals surface area contributed by atoms with Gasteiger partial charge in [-0.05, 0) is 51.4 Å². The molecule has 0 bridgehead atoms.